The Labute approximate surface area is 82.5 Å². The molecule has 0 aromatic heterocycles. The first-order valence-electron chi connectivity index (χ1n) is 4.95. The summed E-state index contributed by atoms with van der Waals surface area (Å²) >= 11 is 0. The number of piperidine rings is 1. The Bertz CT molecular complexity index is 182. The molecule has 1 aliphatic heterocycles. The molecule has 0 atom stereocenters. The van der Waals surface area contributed by atoms with Crippen LogP contribution in [-0.4, -0.2) is 25.9 Å². The van der Waals surface area contributed by atoms with E-state index < -0.39 is 8.24 Å². The summed E-state index contributed by atoms with van der Waals surface area (Å²) in [6.45, 7) is 14.2. The molecule has 0 aliphatic carbocycles. The standard InChI is InChI=1S/C11H19NSi/c1-4-13(5-2,6-3)12-10-8-7-9-11-12/h4-6H,1-3,7-11H2. The Morgan fingerprint density at radius 1 is 0.846 bits per heavy atom. The minimum Gasteiger partial charge on any atom is -0.314 e. The third-order valence-corrected chi connectivity index (χ3v) is 6.39. The van der Waals surface area contributed by atoms with Crippen LogP contribution in [0.15, 0.2) is 36.8 Å². The van der Waals surface area contributed by atoms with E-state index in [2.05, 4.69) is 41.4 Å². The Morgan fingerprint density at radius 3 is 1.69 bits per heavy atom. The number of hydrogen-bond donors (Lipinski definition) is 0. The lowest BCUT2D eigenvalue weighted by molar-refractivity contribution is 0.351. The Hall–Kier alpha value is -0.603. The highest BCUT2D eigenvalue weighted by Crippen LogP contribution is 2.19. The van der Waals surface area contributed by atoms with E-state index in [1.807, 2.05) is 0 Å². The van der Waals surface area contributed by atoms with E-state index in [1.54, 1.807) is 0 Å². The van der Waals surface area contributed by atoms with Crippen molar-refractivity contribution in [1.82, 2.24) is 4.57 Å². The maximum Gasteiger partial charge on any atom is 0.201 e. The third kappa shape index (κ3) is 2.01. The summed E-state index contributed by atoms with van der Waals surface area (Å²) in [6.07, 6.45) is 3.99. The summed E-state index contributed by atoms with van der Waals surface area (Å²) in [6, 6.07) is 0. The molecule has 72 valence electrons. The number of nitrogens with zero attached hydrogens (tertiary/aromatic N) is 1. The van der Waals surface area contributed by atoms with Gasteiger partial charge in [-0.05, 0) is 25.9 Å². The molecule has 1 aliphatic rings. The van der Waals surface area contributed by atoms with E-state index in [4.69, 9.17) is 0 Å². The second kappa shape index (κ2) is 4.58. The molecule has 0 aromatic carbocycles. The van der Waals surface area contributed by atoms with Gasteiger partial charge in [0, 0.05) is 0 Å². The Kier molecular flexibility index (Phi) is 3.69. The molecule has 1 saturated heterocycles. The SMILES string of the molecule is C=C[Si](C=C)(C=C)N1CCCCC1. The van der Waals surface area contributed by atoms with Crippen LogP contribution in [0.4, 0.5) is 0 Å². The van der Waals surface area contributed by atoms with Crippen LogP contribution in [0.1, 0.15) is 19.3 Å². The van der Waals surface area contributed by atoms with E-state index in [-0.39, 0.29) is 0 Å². The fraction of sp³-hybridized carbons (Fsp3) is 0.455. The van der Waals surface area contributed by atoms with Gasteiger partial charge in [0.1, 0.15) is 0 Å². The van der Waals surface area contributed by atoms with Gasteiger partial charge in [0.15, 0.2) is 0 Å². The fourth-order valence-corrected chi connectivity index (χ4v) is 4.28. The van der Waals surface area contributed by atoms with Crippen molar-refractivity contribution in [3.63, 3.8) is 0 Å². The van der Waals surface area contributed by atoms with Gasteiger partial charge in [0.05, 0.1) is 0 Å². The zero-order chi connectivity index (χ0) is 9.73. The summed E-state index contributed by atoms with van der Waals surface area (Å²) < 4.78 is 2.53. The second-order valence-electron chi connectivity index (χ2n) is 3.55. The summed E-state index contributed by atoms with van der Waals surface area (Å²) in [5, 5.41) is 0. The van der Waals surface area contributed by atoms with Crippen LogP contribution in [0, 0.1) is 0 Å². The molecule has 0 bridgehead atoms. The monoisotopic (exact) mass is 193 g/mol. The van der Waals surface area contributed by atoms with Crippen molar-refractivity contribution in [2.75, 3.05) is 13.1 Å². The normalized spacial score (nSPS) is 19.4. The van der Waals surface area contributed by atoms with Crippen LogP contribution in [0.3, 0.4) is 0 Å². The lowest BCUT2D eigenvalue weighted by atomic mass is 10.2. The lowest BCUT2D eigenvalue weighted by Crippen LogP contribution is -2.51. The van der Waals surface area contributed by atoms with Crippen molar-refractivity contribution in [3.8, 4) is 0 Å². The van der Waals surface area contributed by atoms with Gasteiger partial charge in [-0.3, -0.25) is 0 Å². The molecule has 0 amide bonds. The first kappa shape index (κ1) is 10.5. The molecular formula is C11H19NSi. The van der Waals surface area contributed by atoms with Gasteiger partial charge in [-0.15, -0.1) is 19.7 Å². The molecule has 0 radical (unpaired) electrons. The second-order valence-corrected chi connectivity index (χ2v) is 7.18. The zero-order valence-electron chi connectivity index (χ0n) is 8.34. The van der Waals surface area contributed by atoms with Crippen LogP contribution in [0.5, 0.6) is 0 Å². The van der Waals surface area contributed by atoms with Gasteiger partial charge in [-0.1, -0.05) is 23.5 Å². The smallest absolute Gasteiger partial charge is 0.201 e. The highest BCUT2D eigenvalue weighted by atomic mass is 28.3. The molecule has 0 unspecified atom stereocenters. The summed E-state index contributed by atoms with van der Waals surface area (Å²) in [7, 11) is -1.69. The highest BCUT2D eigenvalue weighted by Gasteiger charge is 2.31. The lowest BCUT2D eigenvalue weighted by Gasteiger charge is -2.38. The molecule has 1 nitrogen and oxygen atoms in total. The topological polar surface area (TPSA) is 3.24 Å². The molecular weight excluding hydrogens is 174 g/mol. The molecule has 1 rings (SSSR count). The maximum absolute atomic E-state index is 3.93. The van der Waals surface area contributed by atoms with Crippen molar-refractivity contribution >= 4 is 8.24 Å². The van der Waals surface area contributed by atoms with Gasteiger partial charge < -0.3 is 4.57 Å². The molecule has 0 spiro atoms. The first-order chi connectivity index (χ1) is 6.29. The van der Waals surface area contributed by atoms with E-state index in [9.17, 15) is 0 Å². The number of rotatable bonds is 4. The maximum atomic E-state index is 3.93. The summed E-state index contributed by atoms with van der Waals surface area (Å²) in [5.41, 5.74) is 6.20. The van der Waals surface area contributed by atoms with E-state index in [1.165, 1.54) is 32.4 Å². The molecule has 13 heavy (non-hydrogen) atoms. The fourth-order valence-electron chi connectivity index (χ4n) is 1.92. The predicted molar refractivity (Wildman–Crippen MR) is 61.8 cm³/mol. The van der Waals surface area contributed by atoms with Crippen molar-refractivity contribution in [1.29, 1.82) is 0 Å². The Morgan fingerprint density at radius 2 is 1.31 bits per heavy atom. The minimum absolute atomic E-state index is 1.19. The summed E-state index contributed by atoms with van der Waals surface area (Å²) in [4.78, 5) is 0. The minimum atomic E-state index is -1.69. The van der Waals surface area contributed by atoms with Gasteiger partial charge in [0.2, 0.25) is 8.24 Å². The van der Waals surface area contributed by atoms with E-state index >= 15 is 0 Å². The van der Waals surface area contributed by atoms with Gasteiger partial charge in [0.25, 0.3) is 0 Å². The van der Waals surface area contributed by atoms with Crippen LogP contribution in [0.2, 0.25) is 0 Å². The number of hydrogen-bond acceptors (Lipinski definition) is 1. The van der Waals surface area contributed by atoms with E-state index in [0.717, 1.165) is 0 Å². The van der Waals surface area contributed by atoms with Crippen LogP contribution in [-0.2, 0) is 0 Å². The molecule has 0 N–H and O–H groups in total. The molecule has 0 saturated carbocycles. The van der Waals surface area contributed by atoms with Gasteiger partial charge >= 0.3 is 0 Å². The van der Waals surface area contributed by atoms with Crippen molar-refractivity contribution in [2.45, 2.75) is 19.3 Å². The van der Waals surface area contributed by atoms with Crippen LogP contribution in [0.25, 0.3) is 0 Å². The average molecular weight is 193 g/mol. The highest BCUT2D eigenvalue weighted by molar-refractivity contribution is 6.90. The molecule has 0 aromatic rings. The predicted octanol–water partition coefficient (Wildman–Crippen LogP) is 2.59. The van der Waals surface area contributed by atoms with Crippen molar-refractivity contribution in [3.05, 3.63) is 36.8 Å². The molecule has 2 heteroatoms. The zero-order valence-corrected chi connectivity index (χ0v) is 9.34. The van der Waals surface area contributed by atoms with Crippen molar-refractivity contribution in [2.24, 2.45) is 0 Å². The van der Waals surface area contributed by atoms with E-state index in [0.29, 0.717) is 0 Å². The molecule has 1 heterocycles. The van der Waals surface area contributed by atoms with Crippen LogP contribution < -0.4 is 0 Å². The van der Waals surface area contributed by atoms with Gasteiger partial charge in [-0.25, -0.2) is 0 Å². The average Bonchev–Trinajstić information content (AvgIpc) is 2.23. The van der Waals surface area contributed by atoms with Crippen LogP contribution >= 0.6 is 0 Å². The largest absolute Gasteiger partial charge is 0.314 e. The quantitative estimate of drug-likeness (QED) is 0.620. The van der Waals surface area contributed by atoms with Gasteiger partial charge in [-0.2, -0.15) is 0 Å². The Balaban J connectivity index is 2.77. The first-order valence-corrected chi connectivity index (χ1v) is 7.13. The summed E-state index contributed by atoms with van der Waals surface area (Å²) in [5.74, 6) is 0. The van der Waals surface area contributed by atoms with Crippen molar-refractivity contribution < 1.29 is 0 Å². The molecule has 1 fully saturated rings. The third-order valence-electron chi connectivity index (χ3n) is 2.88.